The van der Waals surface area contributed by atoms with E-state index in [0.717, 1.165) is 0 Å². The first-order valence-corrected chi connectivity index (χ1v) is 3.96. The Kier molecular flexibility index (Phi) is 2.80. The number of carbonyl (C=O) groups excluding carboxylic acids is 2. The molecule has 0 saturated carbocycles. The topological polar surface area (TPSA) is 103 Å². The first kappa shape index (κ1) is 10.2. The number of nitrogens with two attached hydrogens (primary N) is 1. The van der Waals surface area contributed by atoms with Gasteiger partial charge < -0.3 is 11.1 Å². The van der Waals surface area contributed by atoms with E-state index in [0.29, 0.717) is 5.69 Å². The van der Waals surface area contributed by atoms with Crippen molar-refractivity contribution in [1.29, 1.82) is 0 Å². The Morgan fingerprint density at radius 1 is 1.57 bits per heavy atom. The number of likely N-dealkylation sites (N-methyl/N-ethyl adjacent to an activating group) is 1. The minimum Gasteiger partial charge on any atom is -0.364 e. The minimum atomic E-state index is -0.648. The lowest BCUT2D eigenvalue weighted by molar-refractivity contribution is -0.121. The van der Waals surface area contributed by atoms with Gasteiger partial charge in [-0.3, -0.25) is 9.59 Å². The SMILES string of the molecule is CNC(=O)Cn1nnc(C(N)=O)c1C. The zero-order valence-electron chi connectivity index (χ0n) is 7.94. The molecule has 76 valence electrons. The van der Waals surface area contributed by atoms with Crippen LogP contribution in [0.4, 0.5) is 0 Å². The van der Waals surface area contributed by atoms with Crippen LogP contribution < -0.4 is 11.1 Å². The summed E-state index contributed by atoms with van der Waals surface area (Å²) >= 11 is 0. The highest BCUT2D eigenvalue weighted by Gasteiger charge is 2.14. The lowest BCUT2D eigenvalue weighted by Crippen LogP contribution is -2.24. The highest BCUT2D eigenvalue weighted by molar-refractivity contribution is 5.91. The highest BCUT2D eigenvalue weighted by Crippen LogP contribution is 2.01. The van der Waals surface area contributed by atoms with E-state index in [1.165, 1.54) is 11.7 Å². The molecule has 0 atom stereocenters. The summed E-state index contributed by atoms with van der Waals surface area (Å²) in [6.07, 6.45) is 0. The lowest BCUT2D eigenvalue weighted by Gasteiger charge is -2.01. The van der Waals surface area contributed by atoms with Crippen molar-refractivity contribution >= 4 is 11.8 Å². The second-order valence-corrected chi connectivity index (χ2v) is 2.72. The molecular weight excluding hydrogens is 186 g/mol. The van der Waals surface area contributed by atoms with E-state index in [1.54, 1.807) is 6.92 Å². The number of nitrogens with one attached hydrogen (secondary N) is 1. The number of carbonyl (C=O) groups is 2. The molecular formula is C7H11N5O2. The van der Waals surface area contributed by atoms with E-state index in [4.69, 9.17) is 5.73 Å². The number of primary amides is 1. The number of amides is 2. The molecule has 0 aromatic carbocycles. The number of aromatic nitrogens is 3. The van der Waals surface area contributed by atoms with Gasteiger partial charge in [-0.25, -0.2) is 4.68 Å². The van der Waals surface area contributed by atoms with Gasteiger partial charge in [-0.2, -0.15) is 0 Å². The third-order valence-electron chi connectivity index (χ3n) is 1.79. The zero-order valence-corrected chi connectivity index (χ0v) is 7.94. The molecule has 0 aliphatic heterocycles. The van der Waals surface area contributed by atoms with Crippen LogP contribution in [-0.2, 0) is 11.3 Å². The van der Waals surface area contributed by atoms with E-state index in [2.05, 4.69) is 15.6 Å². The average Bonchev–Trinajstić information content (AvgIpc) is 2.48. The van der Waals surface area contributed by atoms with E-state index >= 15 is 0 Å². The summed E-state index contributed by atoms with van der Waals surface area (Å²) in [7, 11) is 1.52. The second kappa shape index (κ2) is 3.86. The van der Waals surface area contributed by atoms with Gasteiger partial charge in [0.25, 0.3) is 5.91 Å². The lowest BCUT2D eigenvalue weighted by atomic mass is 10.3. The van der Waals surface area contributed by atoms with Gasteiger partial charge in [0.15, 0.2) is 5.69 Å². The fraction of sp³-hybridized carbons (Fsp3) is 0.429. The molecule has 0 unspecified atom stereocenters. The van der Waals surface area contributed by atoms with Crippen molar-refractivity contribution in [2.24, 2.45) is 5.73 Å². The van der Waals surface area contributed by atoms with Crippen molar-refractivity contribution in [3.63, 3.8) is 0 Å². The Hall–Kier alpha value is -1.92. The summed E-state index contributed by atoms with van der Waals surface area (Å²) in [5, 5.41) is 9.63. The van der Waals surface area contributed by atoms with Crippen molar-refractivity contribution in [1.82, 2.24) is 20.3 Å². The normalized spacial score (nSPS) is 9.86. The molecule has 7 nitrogen and oxygen atoms in total. The first-order chi connectivity index (χ1) is 6.56. The molecule has 0 fully saturated rings. The van der Waals surface area contributed by atoms with Crippen molar-refractivity contribution in [3.05, 3.63) is 11.4 Å². The van der Waals surface area contributed by atoms with Crippen LogP contribution in [0.2, 0.25) is 0 Å². The van der Waals surface area contributed by atoms with Crippen molar-refractivity contribution in [2.45, 2.75) is 13.5 Å². The Morgan fingerprint density at radius 3 is 2.64 bits per heavy atom. The monoisotopic (exact) mass is 197 g/mol. The molecule has 0 bridgehead atoms. The van der Waals surface area contributed by atoms with Gasteiger partial charge in [-0.1, -0.05) is 5.21 Å². The molecule has 0 saturated heterocycles. The summed E-state index contributed by atoms with van der Waals surface area (Å²) in [5.41, 5.74) is 5.61. The summed E-state index contributed by atoms with van der Waals surface area (Å²) in [6.45, 7) is 1.66. The Balaban J connectivity index is 2.90. The van der Waals surface area contributed by atoms with Gasteiger partial charge in [-0.05, 0) is 6.92 Å². The summed E-state index contributed by atoms with van der Waals surface area (Å²) in [4.78, 5) is 21.8. The number of rotatable bonds is 3. The molecule has 0 radical (unpaired) electrons. The molecule has 0 aliphatic carbocycles. The van der Waals surface area contributed by atoms with Crippen LogP contribution in [0.1, 0.15) is 16.2 Å². The highest BCUT2D eigenvalue weighted by atomic mass is 16.2. The molecule has 1 rings (SSSR count). The van der Waals surface area contributed by atoms with Gasteiger partial charge in [-0.15, -0.1) is 5.10 Å². The molecule has 2 amide bonds. The van der Waals surface area contributed by atoms with E-state index in [-0.39, 0.29) is 18.1 Å². The first-order valence-electron chi connectivity index (χ1n) is 3.96. The largest absolute Gasteiger partial charge is 0.364 e. The Bertz CT molecular complexity index is 370. The van der Waals surface area contributed by atoms with E-state index in [9.17, 15) is 9.59 Å². The van der Waals surface area contributed by atoms with Crippen molar-refractivity contribution in [3.8, 4) is 0 Å². The molecule has 3 N–H and O–H groups in total. The Morgan fingerprint density at radius 2 is 2.21 bits per heavy atom. The van der Waals surface area contributed by atoms with E-state index in [1.807, 2.05) is 0 Å². The molecule has 7 heteroatoms. The predicted molar refractivity (Wildman–Crippen MR) is 47.3 cm³/mol. The number of nitrogens with zero attached hydrogens (tertiary/aromatic N) is 3. The van der Waals surface area contributed by atoms with Crippen LogP contribution >= 0.6 is 0 Å². The number of hydrogen-bond donors (Lipinski definition) is 2. The van der Waals surface area contributed by atoms with Gasteiger partial charge in [0.05, 0.1) is 5.69 Å². The second-order valence-electron chi connectivity index (χ2n) is 2.72. The van der Waals surface area contributed by atoms with Crippen LogP contribution in [0, 0.1) is 6.92 Å². The average molecular weight is 197 g/mol. The van der Waals surface area contributed by atoms with Crippen molar-refractivity contribution in [2.75, 3.05) is 7.05 Å². The van der Waals surface area contributed by atoms with Crippen molar-refractivity contribution < 1.29 is 9.59 Å². The Labute approximate surface area is 80.3 Å². The maximum Gasteiger partial charge on any atom is 0.271 e. The zero-order chi connectivity index (χ0) is 10.7. The minimum absolute atomic E-state index is 0.0304. The predicted octanol–water partition coefficient (Wildman–Crippen LogP) is -1.57. The molecule has 0 spiro atoms. The number of hydrogen-bond acceptors (Lipinski definition) is 4. The third-order valence-corrected chi connectivity index (χ3v) is 1.79. The smallest absolute Gasteiger partial charge is 0.271 e. The van der Waals surface area contributed by atoms with Crippen LogP contribution in [0.25, 0.3) is 0 Å². The van der Waals surface area contributed by atoms with E-state index < -0.39 is 5.91 Å². The van der Waals surface area contributed by atoms with Gasteiger partial charge >= 0.3 is 0 Å². The summed E-state index contributed by atoms with van der Waals surface area (Å²) in [6, 6.07) is 0. The van der Waals surface area contributed by atoms with Crippen LogP contribution in [0.15, 0.2) is 0 Å². The maximum absolute atomic E-state index is 11.0. The molecule has 1 aromatic rings. The van der Waals surface area contributed by atoms with Crippen LogP contribution in [0.5, 0.6) is 0 Å². The quantitative estimate of drug-likeness (QED) is 0.611. The maximum atomic E-state index is 11.0. The summed E-state index contributed by atoms with van der Waals surface area (Å²) in [5.74, 6) is -0.861. The van der Waals surface area contributed by atoms with Crippen LogP contribution in [0.3, 0.4) is 0 Å². The molecule has 14 heavy (non-hydrogen) atoms. The fourth-order valence-electron chi connectivity index (χ4n) is 0.953. The van der Waals surface area contributed by atoms with Gasteiger partial charge in [0, 0.05) is 7.05 Å². The standard InChI is InChI=1S/C7H11N5O2/c1-4-6(7(8)14)10-11-12(4)3-5(13)9-2/h3H2,1-2H3,(H2,8,14)(H,9,13). The molecule has 1 heterocycles. The molecule has 1 aromatic heterocycles. The molecule has 0 aliphatic rings. The van der Waals surface area contributed by atoms with Crippen LogP contribution in [-0.4, -0.2) is 33.9 Å². The third kappa shape index (κ3) is 1.87. The summed E-state index contributed by atoms with van der Waals surface area (Å²) < 4.78 is 1.32. The fourth-order valence-corrected chi connectivity index (χ4v) is 0.953. The van der Waals surface area contributed by atoms with Gasteiger partial charge in [0.2, 0.25) is 5.91 Å². The van der Waals surface area contributed by atoms with Gasteiger partial charge in [0.1, 0.15) is 6.54 Å².